The number of methoxy groups -OCH3 is 1. The highest BCUT2D eigenvalue weighted by molar-refractivity contribution is 5.98. The highest BCUT2D eigenvalue weighted by Crippen LogP contribution is 2.24. The summed E-state index contributed by atoms with van der Waals surface area (Å²) in [4.78, 5) is 28.3. The molecule has 0 radical (unpaired) electrons. The molecular formula is C19H19FN2O4. The first-order valence-electron chi connectivity index (χ1n) is 8.20. The van der Waals surface area contributed by atoms with Crippen molar-refractivity contribution in [2.75, 3.05) is 33.3 Å². The number of amides is 2. The van der Waals surface area contributed by atoms with E-state index in [-0.39, 0.29) is 23.1 Å². The Balaban J connectivity index is 1.65. The standard InChI is InChI=1S/C19H19FN2O4/c1-26-15-6-7-17(23)16(12-15)19(25)22-10-8-21(9-11-22)18(24)13-2-4-14(20)5-3-13/h2-7,12,23H,8-11H2,1H3. The number of carbonyl (C=O) groups is 2. The van der Waals surface area contributed by atoms with Crippen LogP contribution >= 0.6 is 0 Å². The van der Waals surface area contributed by atoms with Crippen LogP contribution in [0.25, 0.3) is 0 Å². The molecule has 0 atom stereocenters. The topological polar surface area (TPSA) is 70.1 Å². The SMILES string of the molecule is COc1ccc(O)c(C(=O)N2CCN(C(=O)c3ccc(F)cc3)CC2)c1. The Morgan fingerprint density at radius 3 is 2.12 bits per heavy atom. The molecule has 1 fully saturated rings. The molecule has 0 bridgehead atoms. The van der Waals surface area contributed by atoms with Gasteiger partial charge in [0, 0.05) is 31.7 Å². The molecule has 0 aliphatic carbocycles. The van der Waals surface area contributed by atoms with Crippen LogP contribution in [0.15, 0.2) is 42.5 Å². The molecule has 3 rings (SSSR count). The average Bonchev–Trinajstić information content (AvgIpc) is 2.68. The van der Waals surface area contributed by atoms with Crippen LogP contribution in [0.5, 0.6) is 11.5 Å². The van der Waals surface area contributed by atoms with Crippen molar-refractivity contribution in [3.05, 3.63) is 59.4 Å². The zero-order valence-electron chi connectivity index (χ0n) is 14.3. The number of halogens is 1. The van der Waals surface area contributed by atoms with Crippen LogP contribution in [0, 0.1) is 5.82 Å². The molecule has 1 heterocycles. The van der Waals surface area contributed by atoms with Gasteiger partial charge in [0.1, 0.15) is 17.3 Å². The minimum absolute atomic E-state index is 0.111. The van der Waals surface area contributed by atoms with E-state index in [1.54, 1.807) is 15.9 Å². The molecule has 0 unspecified atom stereocenters. The fourth-order valence-corrected chi connectivity index (χ4v) is 2.87. The van der Waals surface area contributed by atoms with Crippen LogP contribution in [0.4, 0.5) is 4.39 Å². The van der Waals surface area contributed by atoms with Crippen molar-refractivity contribution in [3.63, 3.8) is 0 Å². The number of phenolic OH excluding ortho intramolecular Hbond substituents is 1. The second-order valence-corrected chi connectivity index (χ2v) is 5.97. The first kappa shape index (κ1) is 17.7. The summed E-state index contributed by atoms with van der Waals surface area (Å²) in [6.07, 6.45) is 0. The Kier molecular flexibility index (Phi) is 5.06. The minimum Gasteiger partial charge on any atom is -0.507 e. The summed E-state index contributed by atoms with van der Waals surface area (Å²) < 4.78 is 18.1. The number of nitrogens with zero attached hydrogens (tertiary/aromatic N) is 2. The fourth-order valence-electron chi connectivity index (χ4n) is 2.87. The number of hydrogen-bond donors (Lipinski definition) is 1. The second kappa shape index (κ2) is 7.43. The zero-order valence-corrected chi connectivity index (χ0v) is 14.3. The summed E-state index contributed by atoms with van der Waals surface area (Å²) in [6, 6.07) is 9.88. The summed E-state index contributed by atoms with van der Waals surface area (Å²) >= 11 is 0. The van der Waals surface area contributed by atoms with Crippen molar-refractivity contribution >= 4 is 11.8 Å². The number of benzene rings is 2. The van der Waals surface area contributed by atoms with Gasteiger partial charge in [-0.3, -0.25) is 9.59 Å². The van der Waals surface area contributed by atoms with E-state index < -0.39 is 5.82 Å². The Bertz CT molecular complexity index is 815. The minimum atomic E-state index is -0.393. The van der Waals surface area contributed by atoms with Gasteiger partial charge in [0.2, 0.25) is 0 Å². The van der Waals surface area contributed by atoms with E-state index >= 15 is 0 Å². The Morgan fingerprint density at radius 2 is 1.54 bits per heavy atom. The third kappa shape index (κ3) is 3.61. The molecule has 1 aliphatic rings. The maximum absolute atomic E-state index is 13.0. The summed E-state index contributed by atoms with van der Waals surface area (Å²) in [5.41, 5.74) is 0.583. The molecule has 2 aromatic rings. The predicted octanol–water partition coefficient (Wildman–Crippen LogP) is 2.14. The molecule has 0 saturated carbocycles. The number of phenols is 1. The Morgan fingerprint density at radius 1 is 0.962 bits per heavy atom. The summed E-state index contributed by atoms with van der Waals surface area (Å²) in [5, 5.41) is 9.94. The lowest BCUT2D eigenvalue weighted by Crippen LogP contribution is -2.50. The molecule has 26 heavy (non-hydrogen) atoms. The molecular weight excluding hydrogens is 339 g/mol. The quantitative estimate of drug-likeness (QED) is 0.913. The number of piperazine rings is 1. The van der Waals surface area contributed by atoms with E-state index in [1.165, 1.54) is 43.5 Å². The van der Waals surface area contributed by atoms with Gasteiger partial charge in [0.25, 0.3) is 11.8 Å². The van der Waals surface area contributed by atoms with Crippen LogP contribution in [0.3, 0.4) is 0 Å². The normalized spacial score (nSPS) is 14.2. The first-order valence-corrected chi connectivity index (χ1v) is 8.20. The van der Waals surface area contributed by atoms with Crippen molar-refractivity contribution in [2.45, 2.75) is 0 Å². The number of rotatable bonds is 3. The van der Waals surface area contributed by atoms with Crippen LogP contribution in [-0.4, -0.2) is 60.0 Å². The molecule has 7 heteroatoms. The second-order valence-electron chi connectivity index (χ2n) is 5.97. The first-order chi connectivity index (χ1) is 12.5. The Labute approximate surface area is 150 Å². The molecule has 2 aromatic carbocycles. The number of carbonyl (C=O) groups excluding carboxylic acids is 2. The fraction of sp³-hybridized carbons (Fsp3) is 0.263. The lowest BCUT2D eigenvalue weighted by molar-refractivity contribution is 0.0533. The number of aromatic hydroxyl groups is 1. The van der Waals surface area contributed by atoms with Gasteiger partial charge >= 0.3 is 0 Å². The molecule has 136 valence electrons. The molecule has 6 nitrogen and oxygen atoms in total. The van der Waals surface area contributed by atoms with E-state index in [2.05, 4.69) is 0 Å². The third-order valence-corrected chi connectivity index (χ3v) is 4.38. The summed E-state index contributed by atoms with van der Waals surface area (Å²) in [6.45, 7) is 1.43. The van der Waals surface area contributed by atoms with Gasteiger partial charge < -0.3 is 19.6 Å². The van der Waals surface area contributed by atoms with Crippen LogP contribution in [-0.2, 0) is 0 Å². The maximum Gasteiger partial charge on any atom is 0.257 e. The van der Waals surface area contributed by atoms with Gasteiger partial charge in [0.05, 0.1) is 12.7 Å². The number of hydrogen-bond acceptors (Lipinski definition) is 4. The van der Waals surface area contributed by atoms with Gasteiger partial charge in [0.15, 0.2) is 0 Å². The van der Waals surface area contributed by atoms with E-state index in [9.17, 15) is 19.1 Å². The molecule has 2 amide bonds. The molecule has 1 aliphatic heterocycles. The smallest absolute Gasteiger partial charge is 0.257 e. The van der Waals surface area contributed by atoms with Gasteiger partial charge in [-0.1, -0.05) is 0 Å². The summed E-state index contributed by atoms with van der Waals surface area (Å²) in [5.74, 6) is -0.524. The lowest BCUT2D eigenvalue weighted by atomic mass is 10.1. The highest BCUT2D eigenvalue weighted by atomic mass is 19.1. The highest BCUT2D eigenvalue weighted by Gasteiger charge is 2.27. The predicted molar refractivity (Wildman–Crippen MR) is 92.9 cm³/mol. The Hall–Kier alpha value is -3.09. The van der Waals surface area contributed by atoms with Crippen molar-refractivity contribution in [3.8, 4) is 11.5 Å². The van der Waals surface area contributed by atoms with Gasteiger partial charge in [-0.15, -0.1) is 0 Å². The van der Waals surface area contributed by atoms with E-state index in [0.717, 1.165) is 0 Å². The molecule has 1 saturated heterocycles. The van der Waals surface area contributed by atoms with Gasteiger partial charge in [-0.2, -0.15) is 0 Å². The van der Waals surface area contributed by atoms with Crippen molar-refractivity contribution < 1.29 is 23.8 Å². The molecule has 1 N–H and O–H groups in total. The maximum atomic E-state index is 13.0. The molecule has 0 spiro atoms. The lowest BCUT2D eigenvalue weighted by Gasteiger charge is -2.35. The number of ether oxygens (including phenoxy) is 1. The van der Waals surface area contributed by atoms with Gasteiger partial charge in [-0.05, 0) is 42.5 Å². The third-order valence-electron chi connectivity index (χ3n) is 4.38. The van der Waals surface area contributed by atoms with Crippen molar-refractivity contribution in [1.29, 1.82) is 0 Å². The molecule has 0 aromatic heterocycles. The van der Waals surface area contributed by atoms with Crippen LogP contribution in [0.2, 0.25) is 0 Å². The van der Waals surface area contributed by atoms with Crippen molar-refractivity contribution in [2.24, 2.45) is 0 Å². The summed E-state index contributed by atoms with van der Waals surface area (Å²) in [7, 11) is 1.49. The average molecular weight is 358 g/mol. The van der Waals surface area contributed by atoms with E-state index in [1.807, 2.05) is 0 Å². The van der Waals surface area contributed by atoms with Crippen LogP contribution in [0.1, 0.15) is 20.7 Å². The van der Waals surface area contributed by atoms with Gasteiger partial charge in [-0.25, -0.2) is 4.39 Å². The van der Waals surface area contributed by atoms with Crippen LogP contribution < -0.4 is 4.74 Å². The monoisotopic (exact) mass is 358 g/mol. The van der Waals surface area contributed by atoms with Crippen molar-refractivity contribution in [1.82, 2.24) is 9.80 Å². The zero-order chi connectivity index (χ0) is 18.7. The van der Waals surface area contributed by atoms with E-state index in [4.69, 9.17) is 4.74 Å². The largest absolute Gasteiger partial charge is 0.507 e. The van der Waals surface area contributed by atoms with E-state index in [0.29, 0.717) is 37.5 Å².